The minimum Gasteiger partial charge on any atom is -0.334 e. The summed E-state index contributed by atoms with van der Waals surface area (Å²) in [4.78, 5) is 15.6. The summed E-state index contributed by atoms with van der Waals surface area (Å²) in [6.45, 7) is 0. The van der Waals surface area contributed by atoms with Gasteiger partial charge in [-0.3, -0.25) is 4.79 Å². The van der Waals surface area contributed by atoms with Gasteiger partial charge in [-0.05, 0) is 24.0 Å². The molecule has 2 aromatic rings. The molecule has 0 bridgehead atoms. The molecule has 2 rings (SSSR count). The molecule has 0 fully saturated rings. The van der Waals surface area contributed by atoms with Gasteiger partial charge in [0.1, 0.15) is 0 Å². The quantitative estimate of drug-likeness (QED) is 0.797. The highest BCUT2D eigenvalue weighted by Gasteiger charge is 2.04. The number of amides is 1. The van der Waals surface area contributed by atoms with Crippen molar-refractivity contribution in [2.24, 2.45) is 7.05 Å². The van der Waals surface area contributed by atoms with Crippen LogP contribution in [0.15, 0.2) is 24.5 Å². The average Bonchev–Trinajstić information content (AvgIpc) is 2.60. The molecule has 1 aromatic heterocycles. The zero-order valence-electron chi connectivity index (χ0n) is 8.97. The fourth-order valence-corrected chi connectivity index (χ4v) is 1.74. The third kappa shape index (κ3) is 2.19. The van der Waals surface area contributed by atoms with E-state index in [0.29, 0.717) is 12.2 Å². The first-order chi connectivity index (χ1) is 7.70. The van der Waals surface area contributed by atoms with Crippen LogP contribution < -0.4 is 5.32 Å². The maximum Gasteiger partial charge on any atom is 0.225 e. The van der Waals surface area contributed by atoms with Gasteiger partial charge >= 0.3 is 0 Å². The molecule has 84 valence electrons. The lowest BCUT2D eigenvalue weighted by atomic mass is 10.2. The molecular formula is C11H13N3OS. The molecule has 1 amide bonds. The van der Waals surface area contributed by atoms with E-state index in [-0.39, 0.29) is 5.91 Å². The number of benzene rings is 1. The number of fused-ring (bicyclic) bond motifs is 1. The Hall–Kier alpha value is -1.49. The number of imidazole rings is 1. The Labute approximate surface area is 99.1 Å². The lowest BCUT2D eigenvalue weighted by Crippen LogP contribution is -2.11. The highest BCUT2D eigenvalue weighted by atomic mass is 32.1. The smallest absolute Gasteiger partial charge is 0.225 e. The first-order valence-electron chi connectivity index (χ1n) is 5.02. The van der Waals surface area contributed by atoms with Crippen molar-refractivity contribution in [3.8, 4) is 0 Å². The van der Waals surface area contributed by atoms with Crippen molar-refractivity contribution in [2.45, 2.75) is 6.42 Å². The summed E-state index contributed by atoms with van der Waals surface area (Å²) in [5.41, 5.74) is 2.70. The van der Waals surface area contributed by atoms with Crippen molar-refractivity contribution in [1.82, 2.24) is 9.55 Å². The van der Waals surface area contributed by atoms with Crippen molar-refractivity contribution in [1.29, 1.82) is 0 Å². The Morgan fingerprint density at radius 3 is 3.12 bits per heavy atom. The second-order valence-electron chi connectivity index (χ2n) is 3.58. The number of carbonyl (C=O) groups excluding carboxylic acids is 1. The van der Waals surface area contributed by atoms with Crippen LogP contribution in [-0.4, -0.2) is 21.2 Å². The van der Waals surface area contributed by atoms with Gasteiger partial charge in [0, 0.05) is 19.2 Å². The minimum atomic E-state index is -0.0229. The summed E-state index contributed by atoms with van der Waals surface area (Å²) in [6.07, 6.45) is 2.17. The summed E-state index contributed by atoms with van der Waals surface area (Å²) in [5.74, 6) is 0.530. The number of rotatable bonds is 3. The molecule has 0 atom stereocenters. The van der Waals surface area contributed by atoms with Crippen molar-refractivity contribution >= 4 is 35.3 Å². The first-order valence-corrected chi connectivity index (χ1v) is 5.66. The summed E-state index contributed by atoms with van der Waals surface area (Å²) in [5, 5.41) is 2.81. The largest absolute Gasteiger partial charge is 0.334 e. The summed E-state index contributed by atoms with van der Waals surface area (Å²) in [7, 11) is 1.94. The third-order valence-electron chi connectivity index (χ3n) is 2.35. The van der Waals surface area contributed by atoms with E-state index >= 15 is 0 Å². The van der Waals surface area contributed by atoms with Crippen LogP contribution in [0.5, 0.6) is 0 Å². The lowest BCUT2D eigenvalue weighted by Gasteiger charge is -2.03. The second kappa shape index (κ2) is 4.57. The molecular weight excluding hydrogens is 222 g/mol. The highest BCUT2D eigenvalue weighted by Crippen LogP contribution is 2.17. The van der Waals surface area contributed by atoms with Crippen molar-refractivity contribution < 1.29 is 4.79 Å². The molecule has 16 heavy (non-hydrogen) atoms. The molecule has 0 spiro atoms. The van der Waals surface area contributed by atoms with Crippen LogP contribution in [0.4, 0.5) is 5.69 Å². The van der Waals surface area contributed by atoms with Crippen LogP contribution >= 0.6 is 12.6 Å². The van der Waals surface area contributed by atoms with Crippen molar-refractivity contribution in [2.75, 3.05) is 11.1 Å². The lowest BCUT2D eigenvalue weighted by molar-refractivity contribution is -0.115. The molecule has 1 aromatic carbocycles. The number of nitrogens with zero attached hydrogens (tertiary/aromatic N) is 2. The molecule has 1 heterocycles. The van der Waals surface area contributed by atoms with E-state index in [2.05, 4.69) is 22.9 Å². The molecule has 1 N–H and O–H groups in total. The van der Waals surface area contributed by atoms with Gasteiger partial charge < -0.3 is 9.88 Å². The van der Waals surface area contributed by atoms with Crippen LogP contribution in [0, 0.1) is 0 Å². The number of hydrogen-bond donors (Lipinski definition) is 2. The third-order valence-corrected chi connectivity index (χ3v) is 2.57. The van der Waals surface area contributed by atoms with Gasteiger partial charge in [0.15, 0.2) is 0 Å². The fraction of sp³-hybridized carbons (Fsp3) is 0.273. The molecule has 0 aliphatic carbocycles. The van der Waals surface area contributed by atoms with E-state index in [9.17, 15) is 4.79 Å². The Balaban J connectivity index is 2.23. The van der Waals surface area contributed by atoms with E-state index in [1.165, 1.54) is 0 Å². The van der Waals surface area contributed by atoms with Crippen molar-refractivity contribution in [3.63, 3.8) is 0 Å². The standard InChI is InChI=1S/C11H13N3OS/c1-14-7-12-9-6-8(2-3-10(9)14)13-11(15)4-5-16/h2-3,6-7,16H,4-5H2,1H3,(H,13,15). The molecule has 0 saturated heterocycles. The van der Waals surface area contributed by atoms with Gasteiger partial charge in [0.25, 0.3) is 0 Å². The Morgan fingerprint density at radius 2 is 2.38 bits per heavy atom. The van der Waals surface area contributed by atoms with Crippen LogP contribution in [-0.2, 0) is 11.8 Å². The van der Waals surface area contributed by atoms with Crippen LogP contribution in [0.3, 0.4) is 0 Å². The molecule has 5 heteroatoms. The van der Waals surface area contributed by atoms with Crippen LogP contribution in [0.25, 0.3) is 11.0 Å². The molecule has 0 aliphatic rings. The Bertz CT molecular complexity index is 521. The normalized spacial score (nSPS) is 10.6. The van der Waals surface area contributed by atoms with Crippen LogP contribution in [0.1, 0.15) is 6.42 Å². The summed E-state index contributed by atoms with van der Waals surface area (Å²) >= 11 is 4.01. The van der Waals surface area contributed by atoms with Gasteiger partial charge in [-0.25, -0.2) is 4.98 Å². The Kier molecular flexibility index (Phi) is 3.14. The van der Waals surface area contributed by atoms with E-state index in [1.807, 2.05) is 29.8 Å². The monoisotopic (exact) mass is 235 g/mol. The number of thiol groups is 1. The van der Waals surface area contributed by atoms with Gasteiger partial charge in [0.05, 0.1) is 17.4 Å². The predicted octanol–water partition coefficient (Wildman–Crippen LogP) is 1.83. The first kappa shape index (κ1) is 11.0. The molecule has 0 aliphatic heterocycles. The maximum atomic E-state index is 11.4. The van der Waals surface area contributed by atoms with Crippen molar-refractivity contribution in [3.05, 3.63) is 24.5 Å². The summed E-state index contributed by atoms with van der Waals surface area (Å²) in [6, 6.07) is 5.69. The number of nitrogens with one attached hydrogen (secondary N) is 1. The van der Waals surface area contributed by atoms with Crippen LogP contribution in [0.2, 0.25) is 0 Å². The van der Waals surface area contributed by atoms with Gasteiger partial charge in [-0.15, -0.1) is 0 Å². The number of carbonyl (C=O) groups is 1. The average molecular weight is 235 g/mol. The van der Waals surface area contributed by atoms with Gasteiger partial charge in [-0.1, -0.05) is 0 Å². The zero-order chi connectivity index (χ0) is 11.5. The number of anilines is 1. The predicted molar refractivity (Wildman–Crippen MR) is 67.8 cm³/mol. The van der Waals surface area contributed by atoms with E-state index in [4.69, 9.17) is 0 Å². The van der Waals surface area contributed by atoms with E-state index < -0.39 is 0 Å². The van der Waals surface area contributed by atoms with E-state index in [0.717, 1.165) is 16.7 Å². The topological polar surface area (TPSA) is 46.9 Å². The van der Waals surface area contributed by atoms with Gasteiger partial charge in [0.2, 0.25) is 5.91 Å². The number of hydrogen-bond acceptors (Lipinski definition) is 3. The molecule has 0 unspecified atom stereocenters. The fourth-order valence-electron chi connectivity index (χ4n) is 1.54. The highest BCUT2D eigenvalue weighted by molar-refractivity contribution is 7.80. The SMILES string of the molecule is Cn1cnc2cc(NC(=O)CCS)ccc21. The summed E-state index contributed by atoms with van der Waals surface area (Å²) < 4.78 is 1.94. The molecule has 0 saturated carbocycles. The second-order valence-corrected chi connectivity index (χ2v) is 4.03. The number of aryl methyl sites for hydroxylation is 1. The maximum absolute atomic E-state index is 11.4. The zero-order valence-corrected chi connectivity index (χ0v) is 9.87. The van der Waals surface area contributed by atoms with Gasteiger partial charge in [-0.2, -0.15) is 12.6 Å². The minimum absolute atomic E-state index is 0.0229. The molecule has 0 radical (unpaired) electrons. The van der Waals surface area contributed by atoms with E-state index in [1.54, 1.807) is 6.33 Å². The number of aromatic nitrogens is 2. The molecule has 4 nitrogen and oxygen atoms in total. The Morgan fingerprint density at radius 1 is 1.56 bits per heavy atom.